The number of hydrogen-bond donors (Lipinski definition) is 0. The standard InChI is InChI=1S/C8H11O3.Ti/c1-9-6-4-5-7(10-2)8(6)11-3;/h4H2,1-3H3;/q-1;. The molecule has 0 radical (unpaired) electrons. The third-order valence-electron chi connectivity index (χ3n) is 1.52. The van der Waals surface area contributed by atoms with Crippen LogP contribution in [0.5, 0.6) is 0 Å². The van der Waals surface area contributed by atoms with Gasteiger partial charge in [0.15, 0.2) is 0 Å². The third-order valence-corrected chi connectivity index (χ3v) is 1.52. The number of ether oxygens (including phenoxy) is 3. The average Bonchev–Trinajstić information content (AvgIpc) is 2.45. The van der Waals surface area contributed by atoms with Crippen LogP contribution in [0.25, 0.3) is 0 Å². The molecule has 0 aliphatic heterocycles. The molecule has 1 aliphatic rings. The fraction of sp³-hybridized carbons (Fsp3) is 0.500. The maximum Gasteiger partial charge on any atom is 0.0748 e. The summed E-state index contributed by atoms with van der Waals surface area (Å²) in [6.07, 6.45) is 3.61. The number of allylic oxidation sites excluding steroid dienone is 1. The zero-order valence-electron chi connectivity index (χ0n) is 7.43. The second kappa shape index (κ2) is 5.28. The molecular weight excluding hydrogens is 192 g/mol. The molecule has 0 unspecified atom stereocenters. The van der Waals surface area contributed by atoms with E-state index in [4.69, 9.17) is 14.2 Å². The Bertz CT molecular complexity index is 208. The minimum atomic E-state index is 0. The molecule has 0 bridgehead atoms. The molecule has 0 spiro atoms. The van der Waals surface area contributed by atoms with Crippen LogP contribution in [0.1, 0.15) is 6.42 Å². The topological polar surface area (TPSA) is 27.7 Å². The van der Waals surface area contributed by atoms with Crippen LogP contribution in [0.3, 0.4) is 0 Å². The van der Waals surface area contributed by atoms with Gasteiger partial charge in [-0.1, -0.05) is 6.42 Å². The summed E-state index contributed by atoms with van der Waals surface area (Å²) in [7, 11) is 4.77. The van der Waals surface area contributed by atoms with Gasteiger partial charge in [-0.3, -0.25) is 0 Å². The maximum absolute atomic E-state index is 5.05. The van der Waals surface area contributed by atoms with Crippen LogP contribution in [-0.4, -0.2) is 21.3 Å². The maximum atomic E-state index is 5.05. The van der Waals surface area contributed by atoms with Crippen molar-refractivity contribution in [1.82, 2.24) is 0 Å². The Morgan fingerprint density at radius 3 is 2.17 bits per heavy atom. The fourth-order valence-electron chi connectivity index (χ4n) is 0.984. The third kappa shape index (κ3) is 2.05. The smallest absolute Gasteiger partial charge is 0.0748 e. The molecule has 0 heterocycles. The molecule has 4 heteroatoms. The van der Waals surface area contributed by atoms with Crippen molar-refractivity contribution in [3.63, 3.8) is 0 Å². The molecule has 0 saturated heterocycles. The van der Waals surface area contributed by atoms with Gasteiger partial charge in [-0.15, -0.1) is 0 Å². The Morgan fingerprint density at radius 2 is 1.75 bits per heavy atom. The van der Waals surface area contributed by atoms with Crippen LogP contribution >= 0.6 is 0 Å². The van der Waals surface area contributed by atoms with E-state index in [0.717, 1.165) is 5.76 Å². The monoisotopic (exact) mass is 203 g/mol. The van der Waals surface area contributed by atoms with Gasteiger partial charge in [0.2, 0.25) is 0 Å². The normalized spacial score (nSPS) is 15.1. The van der Waals surface area contributed by atoms with E-state index in [1.807, 2.05) is 0 Å². The van der Waals surface area contributed by atoms with Gasteiger partial charge < -0.3 is 14.2 Å². The molecule has 0 aromatic heterocycles. The molecule has 0 atom stereocenters. The molecule has 0 N–H and O–H groups in total. The molecule has 12 heavy (non-hydrogen) atoms. The van der Waals surface area contributed by atoms with Crippen molar-refractivity contribution < 1.29 is 35.9 Å². The van der Waals surface area contributed by atoms with Gasteiger partial charge in [0.25, 0.3) is 0 Å². The molecule has 0 fully saturated rings. The van der Waals surface area contributed by atoms with E-state index in [1.54, 1.807) is 21.3 Å². The van der Waals surface area contributed by atoms with E-state index >= 15 is 0 Å². The van der Waals surface area contributed by atoms with Crippen LogP contribution in [0.4, 0.5) is 0 Å². The molecule has 66 valence electrons. The Labute approximate surface area is 87.3 Å². The summed E-state index contributed by atoms with van der Waals surface area (Å²) < 4.78 is 15.1. The first-order valence-electron chi connectivity index (χ1n) is 3.29. The van der Waals surface area contributed by atoms with Crippen LogP contribution in [0, 0.1) is 6.08 Å². The van der Waals surface area contributed by atoms with Crippen LogP contribution in [-0.2, 0) is 35.9 Å². The van der Waals surface area contributed by atoms with E-state index in [1.165, 1.54) is 0 Å². The Kier molecular flexibility index (Phi) is 5.10. The van der Waals surface area contributed by atoms with Gasteiger partial charge in [-0.25, -0.2) is 6.08 Å². The van der Waals surface area contributed by atoms with Gasteiger partial charge in [0.1, 0.15) is 0 Å². The quantitative estimate of drug-likeness (QED) is 0.509. The first-order chi connectivity index (χ1) is 5.33. The second-order valence-corrected chi connectivity index (χ2v) is 2.05. The summed E-state index contributed by atoms with van der Waals surface area (Å²) in [5.41, 5.74) is 0. The SMILES string of the molecule is COC1=[C-]CC(OC)=C1OC.[Ti]. The van der Waals surface area contributed by atoms with E-state index in [-0.39, 0.29) is 21.7 Å². The summed E-state index contributed by atoms with van der Waals surface area (Å²) in [4.78, 5) is 0. The molecule has 0 aromatic carbocycles. The zero-order chi connectivity index (χ0) is 8.27. The minimum Gasteiger partial charge on any atom is -0.575 e. The van der Waals surface area contributed by atoms with Gasteiger partial charge in [-0.2, -0.15) is 0 Å². The van der Waals surface area contributed by atoms with Crippen molar-refractivity contribution in [2.24, 2.45) is 0 Å². The van der Waals surface area contributed by atoms with E-state index in [2.05, 4.69) is 6.08 Å². The number of rotatable bonds is 3. The second-order valence-electron chi connectivity index (χ2n) is 2.05. The summed E-state index contributed by atoms with van der Waals surface area (Å²) in [6, 6.07) is 0. The molecule has 0 aromatic rings. The molecule has 0 amide bonds. The molecule has 0 saturated carbocycles. The largest absolute Gasteiger partial charge is 0.575 e. The van der Waals surface area contributed by atoms with Crippen molar-refractivity contribution in [2.45, 2.75) is 6.42 Å². The predicted molar refractivity (Wildman–Crippen MR) is 39.4 cm³/mol. The Balaban J connectivity index is 0.00000121. The van der Waals surface area contributed by atoms with Crippen molar-refractivity contribution in [1.29, 1.82) is 0 Å². The molecular formula is C8H11O3Ti-. The van der Waals surface area contributed by atoms with Gasteiger partial charge in [-0.05, 0) is 5.76 Å². The van der Waals surface area contributed by atoms with E-state index in [0.29, 0.717) is 17.9 Å². The zero-order valence-corrected chi connectivity index (χ0v) is 8.99. The first-order valence-corrected chi connectivity index (χ1v) is 3.29. The van der Waals surface area contributed by atoms with Crippen molar-refractivity contribution in [3.8, 4) is 0 Å². The number of methoxy groups -OCH3 is 3. The van der Waals surface area contributed by atoms with E-state index < -0.39 is 0 Å². The fourth-order valence-corrected chi connectivity index (χ4v) is 0.984. The van der Waals surface area contributed by atoms with E-state index in [9.17, 15) is 0 Å². The van der Waals surface area contributed by atoms with Gasteiger partial charge in [0, 0.05) is 33.2 Å². The Hall–Kier alpha value is -0.406. The summed E-state index contributed by atoms with van der Waals surface area (Å²) in [5, 5.41) is 0. The predicted octanol–water partition coefficient (Wildman–Crippen LogP) is 1.23. The van der Waals surface area contributed by atoms with Crippen LogP contribution in [0.2, 0.25) is 0 Å². The average molecular weight is 203 g/mol. The van der Waals surface area contributed by atoms with Crippen molar-refractivity contribution in [3.05, 3.63) is 23.4 Å². The van der Waals surface area contributed by atoms with Crippen molar-refractivity contribution in [2.75, 3.05) is 21.3 Å². The minimum absolute atomic E-state index is 0. The first kappa shape index (κ1) is 11.6. The summed E-state index contributed by atoms with van der Waals surface area (Å²) in [6.45, 7) is 0. The molecule has 1 aliphatic carbocycles. The molecule has 3 nitrogen and oxygen atoms in total. The van der Waals surface area contributed by atoms with Gasteiger partial charge in [0.05, 0.1) is 21.3 Å². The van der Waals surface area contributed by atoms with Crippen LogP contribution < -0.4 is 0 Å². The summed E-state index contributed by atoms with van der Waals surface area (Å²) >= 11 is 0. The van der Waals surface area contributed by atoms with Crippen molar-refractivity contribution >= 4 is 0 Å². The van der Waals surface area contributed by atoms with Gasteiger partial charge >= 0.3 is 0 Å². The molecule has 1 rings (SSSR count). The Morgan fingerprint density at radius 1 is 1.08 bits per heavy atom. The van der Waals surface area contributed by atoms with Crippen LogP contribution in [0.15, 0.2) is 17.3 Å². The summed E-state index contributed by atoms with van der Waals surface area (Å²) in [5.74, 6) is 2.05. The number of hydrogen-bond acceptors (Lipinski definition) is 3.